The molecule has 1 aromatic heterocycles. The molecule has 2 aromatic rings. The fourth-order valence-electron chi connectivity index (χ4n) is 3.42. The molecular formula is C23H31ClN4O2. The fourth-order valence-corrected chi connectivity index (χ4v) is 3.60. The predicted octanol–water partition coefficient (Wildman–Crippen LogP) is 4.67. The van der Waals surface area contributed by atoms with Crippen LogP contribution in [0, 0.1) is 12.8 Å². The molecule has 1 fully saturated rings. The minimum atomic E-state index is -0.255. The number of anilines is 1. The van der Waals surface area contributed by atoms with Gasteiger partial charge in [-0.15, -0.1) is 0 Å². The van der Waals surface area contributed by atoms with E-state index in [1.54, 1.807) is 11.0 Å². The van der Waals surface area contributed by atoms with Crippen LogP contribution in [0.4, 0.5) is 10.5 Å². The number of nitrogens with zero attached hydrogens (tertiary/aromatic N) is 3. The van der Waals surface area contributed by atoms with Crippen LogP contribution in [0.15, 0.2) is 36.5 Å². The molecule has 0 spiro atoms. The van der Waals surface area contributed by atoms with Crippen molar-refractivity contribution in [2.24, 2.45) is 13.0 Å². The maximum atomic E-state index is 13.2. The lowest BCUT2D eigenvalue weighted by Crippen LogP contribution is -2.46. The van der Waals surface area contributed by atoms with E-state index in [9.17, 15) is 9.59 Å². The second kappa shape index (κ2) is 9.56. The number of amides is 3. The number of hydrogen-bond donors (Lipinski definition) is 1. The molecular weight excluding hydrogens is 400 g/mol. The van der Waals surface area contributed by atoms with E-state index in [0.717, 1.165) is 24.1 Å². The summed E-state index contributed by atoms with van der Waals surface area (Å²) in [5.41, 5.74) is 2.66. The van der Waals surface area contributed by atoms with Crippen LogP contribution < -0.4 is 5.32 Å². The Labute approximate surface area is 183 Å². The highest BCUT2D eigenvalue weighted by atomic mass is 35.5. The van der Waals surface area contributed by atoms with E-state index in [4.69, 9.17) is 11.6 Å². The van der Waals surface area contributed by atoms with Gasteiger partial charge < -0.3 is 19.7 Å². The molecule has 0 atom stereocenters. The van der Waals surface area contributed by atoms with Crippen LogP contribution in [-0.2, 0) is 18.4 Å². The Hall–Kier alpha value is -2.47. The first-order valence-electron chi connectivity index (χ1n) is 10.5. The lowest BCUT2D eigenvalue weighted by atomic mass is 10.2. The minimum Gasteiger partial charge on any atom is -0.353 e. The number of nitrogens with one attached hydrogen (secondary N) is 1. The normalized spacial score (nSPS) is 13.4. The van der Waals surface area contributed by atoms with Crippen molar-refractivity contribution < 1.29 is 9.59 Å². The third-order valence-corrected chi connectivity index (χ3v) is 5.73. The molecule has 0 bridgehead atoms. The number of carbonyl (C=O) groups is 2. The van der Waals surface area contributed by atoms with Gasteiger partial charge in [-0.25, -0.2) is 4.79 Å². The third-order valence-electron chi connectivity index (χ3n) is 5.32. The number of benzene rings is 1. The zero-order valence-corrected chi connectivity index (χ0v) is 18.9. The second-order valence-electron chi connectivity index (χ2n) is 8.53. The highest BCUT2D eigenvalue weighted by Crippen LogP contribution is 2.28. The van der Waals surface area contributed by atoms with Crippen molar-refractivity contribution in [2.75, 3.05) is 18.4 Å². The largest absolute Gasteiger partial charge is 0.353 e. The lowest BCUT2D eigenvalue weighted by Gasteiger charge is -2.29. The average Bonchev–Trinajstić information content (AvgIpc) is 3.44. The maximum absolute atomic E-state index is 13.2. The lowest BCUT2D eigenvalue weighted by molar-refractivity contribution is -0.133. The molecule has 1 heterocycles. The summed E-state index contributed by atoms with van der Waals surface area (Å²) in [5.74, 6) is 0.306. The molecule has 1 aliphatic rings. The van der Waals surface area contributed by atoms with Crippen LogP contribution in [0.1, 0.15) is 37.9 Å². The Kier molecular flexibility index (Phi) is 7.08. The first-order chi connectivity index (χ1) is 14.2. The van der Waals surface area contributed by atoms with Gasteiger partial charge in [0.1, 0.15) is 6.54 Å². The molecule has 30 heavy (non-hydrogen) atoms. The minimum absolute atomic E-state index is 0.0334. The summed E-state index contributed by atoms with van der Waals surface area (Å²) in [6.45, 7) is 7.37. The van der Waals surface area contributed by atoms with Crippen molar-refractivity contribution in [3.8, 4) is 0 Å². The number of halogens is 1. The number of hydrogen-bond acceptors (Lipinski definition) is 2. The first kappa shape index (κ1) is 22.2. The molecule has 162 valence electrons. The highest BCUT2D eigenvalue weighted by Gasteiger charge is 2.35. The average molecular weight is 431 g/mol. The topological polar surface area (TPSA) is 57.6 Å². The Morgan fingerprint density at radius 3 is 2.57 bits per heavy atom. The second-order valence-corrected chi connectivity index (χ2v) is 8.94. The SMILES string of the molecule is Cc1ccc(NC(=O)N(CC(=O)N(Cc2cccn2C)CC(C)C)C2CC2)cc1Cl. The van der Waals surface area contributed by atoms with E-state index < -0.39 is 0 Å². The standard InChI is InChI=1S/C23H31ClN4O2/c1-16(2)13-27(14-20-6-5-11-26(20)4)22(29)15-28(19-9-10-19)23(30)25-18-8-7-17(3)21(24)12-18/h5-8,11-12,16,19H,9-10,13-15H2,1-4H3,(H,25,30). The zero-order valence-electron chi connectivity index (χ0n) is 18.2. The van der Waals surface area contributed by atoms with Crippen molar-refractivity contribution in [2.45, 2.75) is 46.2 Å². The maximum Gasteiger partial charge on any atom is 0.322 e. The van der Waals surface area contributed by atoms with Crippen LogP contribution in [0.2, 0.25) is 5.02 Å². The Bertz CT molecular complexity index is 904. The van der Waals surface area contributed by atoms with Crippen LogP contribution in [0.3, 0.4) is 0 Å². The molecule has 1 aromatic carbocycles. The fraction of sp³-hybridized carbons (Fsp3) is 0.478. The van der Waals surface area contributed by atoms with Crippen LogP contribution in [0.25, 0.3) is 0 Å². The Balaban J connectivity index is 1.70. The summed E-state index contributed by atoms with van der Waals surface area (Å²) in [7, 11) is 1.98. The van der Waals surface area contributed by atoms with E-state index in [1.165, 1.54) is 0 Å². The Morgan fingerprint density at radius 2 is 2.00 bits per heavy atom. The van der Waals surface area contributed by atoms with E-state index in [-0.39, 0.29) is 24.5 Å². The zero-order chi connectivity index (χ0) is 21.8. The summed E-state index contributed by atoms with van der Waals surface area (Å²) >= 11 is 6.18. The first-order valence-corrected chi connectivity index (χ1v) is 10.8. The molecule has 0 aliphatic heterocycles. The predicted molar refractivity (Wildman–Crippen MR) is 121 cm³/mol. The van der Waals surface area contributed by atoms with Crippen LogP contribution in [0.5, 0.6) is 0 Å². The van der Waals surface area contributed by atoms with Crippen molar-refractivity contribution >= 4 is 29.2 Å². The van der Waals surface area contributed by atoms with Gasteiger partial charge in [0.15, 0.2) is 0 Å². The molecule has 3 amide bonds. The molecule has 0 saturated heterocycles. The molecule has 7 heteroatoms. The van der Waals surface area contributed by atoms with E-state index in [0.29, 0.717) is 29.7 Å². The van der Waals surface area contributed by atoms with Gasteiger partial charge in [0.2, 0.25) is 5.91 Å². The molecule has 1 N–H and O–H groups in total. The summed E-state index contributed by atoms with van der Waals surface area (Å²) < 4.78 is 2.02. The summed E-state index contributed by atoms with van der Waals surface area (Å²) in [5, 5.41) is 3.50. The molecule has 1 aliphatic carbocycles. The number of urea groups is 1. The summed E-state index contributed by atoms with van der Waals surface area (Å²) in [4.78, 5) is 29.6. The summed E-state index contributed by atoms with van der Waals surface area (Å²) in [6, 6.07) is 9.29. The number of aromatic nitrogens is 1. The molecule has 0 radical (unpaired) electrons. The van der Waals surface area contributed by atoms with Gasteiger partial charge in [-0.1, -0.05) is 31.5 Å². The molecule has 1 saturated carbocycles. The molecule has 3 rings (SSSR count). The van der Waals surface area contributed by atoms with Gasteiger partial charge in [-0.2, -0.15) is 0 Å². The third kappa shape index (κ3) is 5.79. The van der Waals surface area contributed by atoms with Crippen LogP contribution in [-0.4, -0.2) is 45.4 Å². The molecule has 0 unspecified atom stereocenters. The number of carbonyl (C=O) groups excluding carboxylic acids is 2. The smallest absolute Gasteiger partial charge is 0.322 e. The highest BCUT2D eigenvalue weighted by molar-refractivity contribution is 6.31. The monoisotopic (exact) mass is 430 g/mol. The number of rotatable bonds is 8. The van der Waals surface area contributed by atoms with E-state index >= 15 is 0 Å². The van der Waals surface area contributed by atoms with Crippen molar-refractivity contribution in [1.82, 2.24) is 14.4 Å². The quantitative estimate of drug-likeness (QED) is 0.661. The van der Waals surface area contributed by atoms with Gasteiger partial charge in [-0.05, 0) is 55.5 Å². The van der Waals surface area contributed by atoms with E-state index in [1.807, 2.05) is 53.9 Å². The Morgan fingerprint density at radius 1 is 1.27 bits per heavy atom. The van der Waals surface area contributed by atoms with Gasteiger partial charge in [0.25, 0.3) is 0 Å². The van der Waals surface area contributed by atoms with Crippen LogP contribution >= 0.6 is 11.6 Å². The van der Waals surface area contributed by atoms with Gasteiger partial charge in [0.05, 0.1) is 6.54 Å². The van der Waals surface area contributed by atoms with E-state index in [2.05, 4.69) is 19.2 Å². The van der Waals surface area contributed by atoms with Gasteiger partial charge in [-0.3, -0.25) is 4.79 Å². The van der Waals surface area contributed by atoms with Crippen molar-refractivity contribution in [3.05, 3.63) is 52.8 Å². The van der Waals surface area contributed by atoms with Gasteiger partial charge in [0, 0.05) is 42.2 Å². The van der Waals surface area contributed by atoms with Gasteiger partial charge >= 0.3 is 6.03 Å². The van der Waals surface area contributed by atoms with Crippen molar-refractivity contribution in [3.63, 3.8) is 0 Å². The molecule has 6 nitrogen and oxygen atoms in total. The summed E-state index contributed by atoms with van der Waals surface area (Å²) in [6.07, 6.45) is 3.83. The number of aryl methyl sites for hydroxylation is 2. The van der Waals surface area contributed by atoms with Crippen molar-refractivity contribution in [1.29, 1.82) is 0 Å².